The van der Waals surface area contributed by atoms with Crippen LogP contribution in [0.15, 0.2) is 53.7 Å². The van der Waals surface area contributed by atoms with Gasteiger partial charge in [0, 0.05) is 17.8 Å². The van der Waals surface area contributed by atoms with Crippen LogP contribution in [0.2, 0.25) is 0 Å². The minimum Gasteiger partial charge on any atom is -0.325 e. The molecule has 5 nitrogen and oxygen atoms in total. The minimum absolute atomic E-state index is 0.214. The number of carbonyl (C=O) groups excluding carboxylic acids is 1. The lowest BCUT2D eigenvalue weighted by Crippen LogP contribution is -2.23. The fraction of sp³-hybridized carbons (Fsp3) is 0.250. The average Bonchev–Trinajstić information content (AvgIpc) is 3.04. The van der Waals surface area contributed by atoms with Crippen LogP contribution in [0.25, 0.3) is 11.4 Å². The van der Waals surface area contributed by atoms with Crippen molar-refractivity contribution in [3.63, 3.8) is 0 Å². The maximum absolute atomic E-state index is 13.3. The van der Waals surface area contributed by atoms with E-state index in [0.717, 1.165) is 17.0 Å². The SMILES string of the molecule is CCn1c(S[C@H](C)C(=O)Nc2cccc(F)c2)nnc1-c1ccccc1C. The van der Waals surface area contributed by atoms with Gasteiger partial charge in [-0.1, -0.05) is 42.1 Å². The van der Waals surface area contributed by atoms with Crippen LogP contribution in [-0.4, -0.2) is 25.9 Å². The smallest absolute Gasteiger partial charge is 0.237 e. The first-order chi connectivity index (χ1) is 13.0. The third-order valence-corrected chi connectivity index (χ3v) is 5.24. The molecule has 3 aromatic rings. The van der Waals surface area contributed by atoms with Gasteiger partial charge in [0.05, 0.1) is 5.25 Å². The Balaban J connectivity index is 1.77. The van der Waals surface area contributed by atoms with Crippen molar-refractivity contribution >= 4 is 23.4 Å². The van der Waals surface area contributed by atoms with Crippen molar-refractivity contribution in [3.8, 4) is 11.4 Å². The molecule has 1 N–H and O–H groups in total. The van der Waals surface area contributed by atoms with Gasteiger partial charge in [0.25, 0.3) is 0 Å². The Labute approximate surface area is 162 Å². The van der Waals surface area contributed by atoms with Gasteiger partial charge in [-0.2, -0.15) is 0 Å². The monoisotopic (exact) mass is 384 g/mol. The predicted octanol–water partition coefficient (Wildman–Crippen LogP) is 4.53. The number of thioether (sulfide) groups is 1. The van der Waals surface area contributed by atoms with Crippen LogP contribution in [0.3, 0.4) is 0 Å². The van der Waals surface area contributed by atoms with Gasteiger partial charge in [-0.25, -0.2) is 4.39 Å². The van der Waals surface area contributed by atoms with Gasteiger partial charge >= 0.3 is 0 Å². The Bertz CT molecular complexity index is 957. The molecule has 140 valence electrons. The molecule has 3 rings (SSSR count). The van der Waals surface area contributed by atoms with Crippen LogP contribution in [0.4, 0.5) is 10.1 Å². The van der Waals surface area contributed by atoms with Gasteiger partial charge in [0.2, 0.25) is 5.91 Å². The summed E-state index contributed by atoms with van der Waals surface area (Å²) in [5, 5.41) is 11.6. The third-order valence-electron chi connectivity index (χ3n) is 4.16. The summed E-state index contributed by atoms with van der Waals surface area (Å²) in [7, 11) is 0. The van der Waals surface area contributed by atoms with Crippen molar-refractivity contribution in [2.24, 2.45) is 0 Å². The van der Waals surface area contributed by atoms with E-state index in [-0.39, 0.29) is 11.7 Å². The molecule has 1 heterocycles. The second kappa shape index (κ2) is 8.35. The highest BCUT2D eigenvalue weighted by molar-refractivity contribution is 8.00. The Morgan fingerprint density at radius 1 is 1.22 bits per heavy atom. The zero-order valence-electron chi connectivity index (χ0n) is 15.4. The second-order valence-electron chi connectivity index (χ2n) is 6.13. The Kier molecular flexibility index (Phi) is 5.91. The molecule has 2 aromatic carbocycles. The summed E-state index contributed by atoms with van der Waals surface area (Å²) >= 11 is 1.33. The lowest BCUT2D eigenvalue weighted by Gasteiger charge is -2.13. The van der Waals surface area contributed by atoms with Gasteiger partial charge in [-0.15, -0.1) is 10.2 Å². The standard InChI is InChI=1S/C20H21FN4OS/c1-4-25-18(17-11-6-5-8-13(17)2)23-24-20(25)27-14(3)19(26)22-16-10-7-9-15(21)12-16/h5-12,14H,4H2,1-3H3,(H,22,26)/t14-/m1/s1. The first-order valence-electron chi connectivity index (χ1n) is 8.72. The summed E-state index contributed by atoms with van der Waals surface area (Å²) in [6.07, 6.45) is 0. The highest BCUT2D eigenvalue weighted by atomic mass is 32.2. The fourth-order valence-electron chi connectivity index (χ4n) is 2.71. The van der Waals surface area contributed by atoms with Gasteiger partial charge < -0.3 is 9.88 Å². The fourth-order valence-corrected chi connectivity index (χ4v) is 3.62. The number of amides is 1. The number of hydrogen-bond acceptors (Lipinski definition) is 4. The summed E-state index contributed by atoms with van der Waals surface area (Å²) in [5.74, 6) is 0.186. The minimum atomic E-state index is -0.410. The number of nitrogens with one attached hydrogen (secondary N) is 1. The molecule has 0 aliphatic carbocycles. The summed E-state index contributed by atoms with van der Waals surface area (Å²) in [6.45, 7) is 6.54. The van der Waals surface area contributed by atoms with Crippen molar-refractivity contribution < 1.29 is 9.18 Å². The molecule has 0 saturated carbocycles. The molecule has 0 unspecified atom stereocenters. The molecular formula is C20H21FN4OS. The molecule has 0 fully saturated rings. The van der Waals surface area contributed by atoms with E-state index in [1.54, 1.807) is 19.1 Å². The van der Waals surface area contributed by atoms with Gasteiger partial charge in [0.15, 0.2) is 11.0 Å². The summed E-state index contributed by atoms with van der Waals surface area (Å²) < 4.78 is 15.3. The molecular weight excluding hydrogens is 363 g/mol. The van der Waals surface area contributed by atoms with Gasteiger partial charge in [-0.05, 0) is 44.5 Å². The molecule has 1 aromatic heterocycles. The van der Waals surface area contributed by atoms with Crippen molar-refractivity contribution in [3.05, 3.63) is 59.9 Å². The van der Waals surface area contributed by atoms with Crippen LogP contribution < -0.4 is 5.32 Å². The number of benzene rings is 2. The van der Waals surface area contributed by atoms with E-state index in [4.69, 9.17) is 0 Å². The number of anilines is 1. The van der Waals surface area contributed by atoms with E-state index >= 15 is 0 Å². The normalized spacial score (nSPS) is 12.0. The van der Waals surface area contributed by atoms with Crippen LogP contribution in [0.5, 0.6) is 0 Å². The van der Waals surface area contributed by atoms with Crippen LogP contribution in [-0.2, 0) is 11.3 Å². The predicted molar refractivity (Wildman–Crippen MR) is 106 cm³/mol. The van der Waals surface area contributed by atoms with Gasteiger partial charge in [-0.3, -0.25) is 4.79 Å². The van der Waals surface area contributed by atoms with Gasteiger partial charge in [0.1, 0.15) is 5.82 Å². The van der Waals surface area contributed by atoms with Crippen molar-refractivity contribution in [1.29, 1.82) is 0 Å². The molecule has 0 saturated heterocycles. The number of hydrogen-bond donors (Lipinski definition) is 1. The molecule has 27 heavy (non-hydrogen) atoms. The summed E-state index contributed by atoms with van der Waals surface area (Å²) in [5.41, 5.74) is 2.58. The molecule has 1 atom stereocenters. The number of halogens is 1. The molecule has 0 spiro atoms. The van der Waals surface area contributed by atoms with E-state index in [1.165, 1.54) is 23.9 Å². The Hall–Kier alpha value is -2.67. The molecule has 1 amide bonds. The topological polar surface area (TPSA) is 59.8 Å². The van der Waals surface area contributed by atoms with Crippen LogP contribution in [0.1, 0.15) is 19.4 Å². The molecule has 0 bridgehead atoms. The number of nitrogens with zero attached hydrogens (tertiary/aromatic N) is 3. The molecule has 0 aliphatic heterocycles. The van der Waals surface area contributed by atoms with Crippen molar-refractivity contribution in [2.75, 3.05) is 5.32 Å². The second-order valence-corrected chi connectivity index (χ2v) is 7.43. The third kappa shape index (κ3) is 4.36. The summed E-state index contributed by atoms with van der Waals surface area (Å²) in [6, 6.07) is 13.9. The van der Waals surface area contributed by atoms with E-state index in [0.29, 0.717) is 17.4 Å². The first-order valence-corrected chi connectivity index (χ1v) is 9.60. The first kappa shape index (κ1) is 19.1. The average molecular weight is 384 g/mol. The number of carbonyl (C=O) groups is 1. The highest BCUT2D eigenvalue weighted by Crippen LogP contribution is 2.28. The Morgan fingerprint density at radius 2 is 2.00 bits per heavy atom. The number of aryl methyl sites for hydroxylation is 1. The van der Waals surface area contributed by atoms with Crippen LogP contribution >= 0.6 is 11.8 Å². The lowest BCUT2D eigenvalue weighted by atomic mass is 10.1. The van der Waals surface area contributed by atoms with E-state index in [2.05, 4.69) is 15.5 Å². The highest BCUT2D eigenvalue weighted by Gasteiger charge is 2.21. The lowest BCUT2D eigenvalue weighted by molar-refractivity contribution is -0.115. The quantitative estimate of drug-likeness (QED) is 0.634. The van der Waals surface area contributed by atoms with E-state index in [9.17, 15) is 9.18 Å². The summed E-state index contributed by atoms with van der Waals surface area (Å²) in [4.78, 5) is 12.4. The molecule has 7 heteroatoms. The maximum atomic E-state index is 13.3. The number of aromatic nitrogens is 3. The van der Waals surface area contributed by atoms with Crippen molar-refractivity contribution in [2.45, 2.75) is 37.7 Å². The zero-order valence-corrected chi connectivity index (χ0v) is 16.3. The molecule has 0 aliphatic rings. The van der Waals surface area contributed by atoms with Crippen LogP contribution in [0, 0.1) is 12.7 Å². The van der Waals surface area contributed by atoms with E-state index < -0.39 is 5.25 Å². The van der Waals surface area contributed by atoms with Crippen molar-refractivity contribution in [1.82, 2.24) is 14.8 Å². The zero-order chi connectivity index (χ0) is 19.4. The number of rotatable bonds is 6. The van der Waals surface area contributed by atoms with E-state index in [1.807, 2.05) is 42.7 Å². The Morgan fingerprint density at radius 3 is 2.70 bits per heavy atom. The largest absolute Gasteiger partial charge is 0.325 e. The maximum Gasteiger partial charge on any atom is 0.237 e. The molecule has 0 radical (unpaired) electrons.